The Kier molecular flexibility index (Phi) is 3.74. The van der Waals surface area contributed by atoms with Crippen LogP contribution in [-0.4, -0.2) is 18.2 Å². The van der Waals surface area contributed by atoms with Crippen molar-refractivity contribution in [3.8, 4) is 5.75 Å². The van der Waals surface area contributed by atoms with E-state index < -0.39 is 11.9 Å². The minimum atomic E-state index is -0.834. The molecule has 3 nitrogen and oxygen atoms in total. The van der Waals surface area contributed by atoms with Crippen molar-refractivity contribution in [2.75, 3.05) is 7.11 Å². The summed E-state index contributed by atoms with van der Waals surface area (Å²) in [7, 11) is 1.56. The smallest absolute Gasteiger partial charge is 0.310 e. The maximum Gasteiger partial charge on any atom is 0.310 e. The fraction of sp³-hybridized carbons (Fsp3) is 0.364. The molecular weight excluding hydrogens is 260 g/mol. The summed E-state index contributed by atoms with van der Waals surface area (Å²) in [6.07, 6.45) is 0. The first-order valence-electron chi connectivity index (χ1n) is 4.54. The first-order valence-corrected chi connectivity index (χ1v) is 5.33. The Bertz CT molecular complexity index is 388. The molecule has 0 aliphatic carbocycles. The molecular formula is C11H13BrO3. The van der Waals surface area contributed by atoms with Crippen LogP contribution in [0, 0.1) is 6.92 Å². The summed E-state index contributed by atoms with van der Waals surface area (Å²) in [6.45, 7) is 3.56. The number of rotatable bonds is 3. The number of carboxylic acids is 1. The van der Waals surface area contributed by atoms with Crippen LogP contribution in [0.25, 0.3) is 0 Å². The molecule has 0 amide bonds. The van der Waals surface area contributed by atoms with E-state index in [0.717, 1.165) is 15.6 Å². The van der Waals surface area contributed by atoms with E-state index in [1.165, 1.54) is 0 Å². The number of ether oxygens (including phenoxy) is 1. The van der Waals surface area contributed by atoms with Gasteiger partial charge in [0.15, 0.2) is 0 Å². The van der Waals surface area contributed by atoms with Crippen LogP contribution >= 0.6 is 15.9 Å². The third-order valence-corrected chi connectivity index (χ3v) is 3.35. The number of methoxy groups -OCH3 is 1. The molecule has 0 heterocycles. The van der Waals surface area contributed by atoms with Gasteiger partial charge in [-0.1, -0.05) is 6.07 Å². The lowest BCUT2D eigenvalue weighted by Gasteiger charge is -2.12. The van der Waals surface area contributed by atoms with Gasteiger partial charge in [0.25, 0.3) is 0 Å². The summed E-state index contributed by atoms with van der Waals surface area (Å²) in [6, 6.07) is 3.60. The van der Waals surface area contributed by atoms with E-state index in [1.807, 2.05) is 13.0 Å². The molecule has 1 unspecified atom stereocenters. The van der Waals surface area contributed by atoms with Crippen molar-refractivity contribution in [1.82, 2.24) is 0 Å². The first kappa shape index (κ1) is 12.0. The number of carboxylic acid groups (broad SMARTS) is 1. The van der Waals surface area contributed by atoms with Gasteiger partial charge in [-0.05, 0) is 47.0 Å². The molecule has 1 N–H and O–H groups in total. The second kappa shape index (κ2) is 4.66. The lowest BCUT2D eigenvalue weighted by Crippen LogP contribution is -2.08. The normalized spacial score (nSPS) is 12.3. The molecule has 0 aromatic heterocycles. The van der Waals surface area contributed by atoms with Gasteiger partial charge in [0, 0.05) is 0 Å². The highest BCUT2D eigenvalue weighted by Gasteiger charge is 2.16. The maximum absolute atomic E-state index is 10.8. The number of aliphatic carboxylic acids is 1. The lowest BCUT2D eigenvalue weighted by atomic mass is 9.99. The van der Waals surface area contributed by atoms with Crippen molar-refractivity contribution in [2.24, 2.45) is 0 Å². The summed E-state index contributed by atoms with van der Waals surface area (Å²) in [5.41, 5.74) is 1.72. The lowest BCUT2D eigenvalue weighted by molar-refractivity contribution is -0.138. The second-order valence-electron chi connectivity index (χ2n) is 3.41. The topological polar surface area (TPSA) is 46.5 Å². The van der Waals surface area contributed by atoms with Crippen molar-refractivity contribution < 1.29 is 14.6 Å². The zero-order valence-electron chi connectivity index (χ0n) is 8.87. The van der Waals surface area contributed by atoms with Crippen molar-refractivity contribution in [1.29, 1.82) is 0 Å². The van der Waals surface area contributed by atoms with Crippen molar-refractivity contribution in [3.63, 3.8) is 0 Å². The highest BCUT2D eigenvalue weighted by molar-refractivity contribution is 9.10. The third kappa shape index (κ3) is 2.50. The maximum atomic E-state index is 10.8. The van der Waals surface area contributed by atoms with Gasteiger partial charge in [-0.25, -0.2) is 0 Å². The van der Waals surface area contributed by atoms with Gasteiger partial charge >= 0.3 is 5.97 Å². The van der Waals surface area contributed by atoms with Crippen LogP contribution in [0.3, 0.4) is 0 Å². The molecule has 1 atom stereocenters. The average Bonchev–Trinajstić information content (AvgIpc) is 2.20. The fourth-order valence-corrected chi connectivity index (χ4v) is 1.70. The van der Waals surface area contributed by atoms with E-state index >= 15 is 0 Å². The van der Waals surface area contributed by atoms with E-state index in [-0.39, 0.29) is 0 Å². The minimum Gasteiger partial charge on any atom is -0.496 e. The largest absolute Gasteiger partial charge is 0.496 e. The minimum absolute atomic E-state index is 0.523. The molecule has 1 aromatic carbocycles. The van der Waals surface area contributed by atoms with Gasteiger partial charge < -0.3 is 9.84 Å². The summed E-state index contributed by atoms with van der Waals surface area (Å²) in [5, 5.41) is 8.91. The summed E-state index contributed by atoms with van der Waals surface area (Å²) >= 11 is 3.39. The molecule has 0 saturated carbocycles. The molecule has 0 bridgehead atoms. The van der Waals surface area contributed by atoms with E-state index in [2.05, 4.69) is 15.9 Å². The van der Waals surface area contributed by atoms with Crippen LogP contribution in [-0.2, 0) is 4.79 Å². The highest BCUT2D eigenvalue weighted by Crippen LogP contribution is 2.32. The van der Waals surface area contributed by atoms with Crippen LogP contribution in [0.5, 0.6) is 5.75 Å². The fourth-order valence-electron chi connectivity index (χ4n) is 1.31. The number of halogens is 1. The molecule has 0 aliphatic rings. The molecule has 1 aromatic rings. The van der Waals surface area contributed by atoms with Gasteiger partial charge in [-0.2, -0.15) is 0 Å². The molecule has 0 radical (unpaired) electrons. The standard InChI is InChI=1S/C11H13BrO3/c1-6-4-8(7(2)11(13)14)5-9(15-3)10(6)12/h4-5,7H,1-3H3,(H,13,14). The highest BCUT2D eigenvalue weighted by atomic mass is 79.9. The zero-order valence-corrected chi connectivity index (χ0v) is 10.5. The number of hydrogen-bond acceptors (Lipinski definition) is 2. The van der Waals surface area contributed by atoms with Gasteiger partial charge in [-0.15, -0.1) is 0 Å². The van der Waals surface area contributed by atoms with Crippen LogP contribution in [0.15, 0.2) is 16.6 Å². The van der Waals surface area contributed by atoms with Gasteiger partial charge in [0.05, 0.1) is 17.5 Å². The second-order valence-corrected chi connectivity index (χ2v) is 4.21. The predicted octanol–water partition coefficient (Wildman–Crippen LogP) is 2.95. The zero-order chi connectivity index (χ0) is 11.6. The molecule has 0 spiro atoms. The Morgan fingerprint density at radius 1 is 1.53 bits per heavy atom. The van der Waals surface area contributed by atoms with E-state index in [4.69, 9.17) is 9.84 Å². The molecule has 4 heteroatoms. The molecule has 0 saturated heterocycles. The molecule has 15 heavy (non-hydrogen) atoms. The molecule has 82 valence electrons. The van der Waals surface area contributed by atoms with Crippen molar-refractivity contribution in [3.05, 3.63) is 27.7 Å². The Labute approximate surface area is 97.2 Å². The third-order valence-electron chi connectivity index (χ3n) is 2.33. The Morgan fingerprint density at radius 2 is 2.13 bits per heavy atom. The number of benzene rings is 1. The Morgan fingerprint density at radius 3 is 2.60 bits per heavy atom. The van der Waals surface area contributed by atoms with Crippen LogP contribution in [0.1, 0.15) is 24.0 Å². The van der Waals surface area contributed by atoms with Gasteiger partial charge in [0.1, 0.15) is 5.75 Å². The van der Waals surface area contributed by atoms with Crippen LogP contribution in [0.4, 0.5) is 0 Å². The summed E-state index contributed by atoms with van der Waals surface area (Å²) < 4.78 is 6.02. The Balaban J connectivity index is 3.22. The molecule has 1 rings (SSSR count). The molecule has 0 fully saturated rings. The number of hydrogen-bond donors (Lipinski definition) is 1. The van der Waals surface area contributed by atoms with Crippen molar-refractivity contribution >= 4 is 21.9 Å². The van der Waals surface area contributed by atoms with E-state index in [9.17, 15) is 4.79 Å². The van der Waals surface area contributed by atoms with E-state index in [0.29, 0.717) is 5.75 Å². The number of carbonyl (C=O) groups is 1. The summed E-state index contributed by atoms with van der Waals surface area (Å²) in [4.78, 5) is 10.8. The molecule has 0 aliphatic heterocycles. The Hall–Kier alpha value is -1.03. The quantitative estimate of drug-likeness (QED) is 0.920. The van der Waals surface area contributed by atoms with Crippen molar-refractivity contribution in [2.45, 2.75) is 19.8 Å². The van der Waals surface area contributed by atoms with Gasteiger partial charge in [0.2, 0.25) is 0 Å². The summed E-state index contributed by atoms with van der Waals surface area (Å²) in [5.74, 6) is -0.692. The number of aryl methyl sites for hydroxylation is 1. The van der Waals surface area contributed by atoms with E-state index in [1.54, 1.807) is 20.1 Å². The van der Waals surface area contributed by atoms with Crippen LogP contribution in [0.2, 0.25) is 0 Å². The predicted molar refractivity (Wildman–Crippen MR) is 61.5 cm³/mol. The van der Waals surface area contributed by atoms with Gasteiger partial charge in [-0.3, -0.25) is 4.79 Å². The SMILES string of the molecule is COc1cc(C(C)C(=O)O)cc(C)c1Br. The van der Waals surface area contributed by atoms with Crippen LogP contribution < -0.4 is 4.74 Å². The average molecular weight is 273 g/mol. The monoisotopic (exact) mass is 272 g/mol. The first-order chi connectivity index (χ1) is 6.97.